The molecule has 1 atom stereocenters. The summed E-state index contributed by atoms with van der Waals surface area (Å²) < 4.78 is 0.791. The number of carbonyl (C=O) groups excluding carboxylic acids is 1. The molecule has 1 unspecified atom stereocenters. The molecule has 0 saturated carbocycles. The first kappa shape index (κ1) is 10.4. The van der Waals surface area contributed by atoms with Crippen LogP contribution in [-0.2, 0) is 4.79 Å². The number of amides is 1. The molecule has 6 heteroatoms. The van der Waals surface area contributed by atoms with Gasteiger partial charge in [-0.25, -0.2) is 9.97 Å². The molecule has 15 heavy (non-hydrogen) atoms. The molecule has 2 heterocycles. The molecule has 0 spiro atoms. The van der Waals surface area contributed by atoms with Gasteiger partial charge in [-0.2, -0.15) is 0 Å². The summed E-state index contributed by atoms with van der Waals surface area (Å²) in [7, 11) is 0. The fourth-order valence-corrected chi connectivity index (χ4v) is 2.00. The summed E-state index contributed by atoms with van der Waals surface area (Å²) in [6.45, 7) is 2.62. The molecule has 5 nitrogen and oxygen atoms in total. The Morgan fingerprint density at radius 1 is 1.73 bits per heavy atom. The lowest BCUT2D eigenvalue weighted by Crippen LogP contribution is -2.55. The molecule has 80 valence electrons. The van der Waals surface area contributed by atoms with Crippen LogP contribution in [0.1, 0.15) is 12.2 Å². The summed E-state index contributed by atoms with van der Waals surface area (Å²) in [5.41, 5.74) is 5.27. The van der Waals surface area contributed by atoms with Crippen molar-refractivity contribution in [2.75, 3.05) is 11.4 Å². The van der Waals surface area contributed by atoms with E-state index < -0.39 is 0 Å². The molecule has 1 saturated heterocycles. The summed E-state index contributed by atoms with van der Waals surface area (Å²) in [6.07, 6.45) is 2.48. The van der Waals surface area contributed by atoms with Crippen molar-refractivity contribution in [3.63, 3.8) is 0 Å². The molecule has 0 aromatic carbocycles. The first-order chi connectivity index (χ1) is 7.09. The van der Waals surface area contributed by atoms with Crippen molar-refractivity contribution < 1.29 is 4.79 Å². The first-order valence-corrected chi connectivity index (χ1v) is 5.44. The van der Waals surface area contributed by atoms with Gasteiger partial charge in [-0.3, -0.25) is 4.79 Å². The summed E-state index contributed by atoms with van der Waals surface area (Å²) in [4.78, 5) is 21.3. The van der Waals surface area contributed by atoms with E-state index >= 15 is 0 Å². The summed E-state index contributed by atoms with van der Waals surface area (Å²) >= 11 is 3.36. The molecule has 1 aliphatic rings. The quantitative estimate of drug-likeness (QED) is 0.855. The predicted octanol–water partition coefficient (Wildman–Crippen LogP) is 0.612. The van der Waals surface area contributed by atoms with Gasteiger partial charge in [0, 0.05) is 12.7 Å². The lowest BCUT2D eigenvalue weighted by molar-refractivity contribution is -0.120. The van der Waals surface area contributed by atoms with E-state index in [1.54, 1.807) is 6.20 Å². The summed E-state index contributed by atoms with van der Waals surface area (Å²) in [5.74, 6) is 1.13. The van der Waals surface area contributed by atoms with Gasteiger partial charge < -0.3 is 10.6 Å². The highest BCUT2D eigenvalue weighted by atomic mass is 79.9. The molecule has 1 fully saturated rings. The van der Waals surface area contributed by atoms with E-state index in [0.29, 0.717) is 5.82 Å². The minimum atomic E-state index is -0.301. The van der Waals surface area contributed by atoms with Crippen molar-refractivity contribution in [1.29, 1.82) is 0 Å². The standard InChI is InChI=1S/C9H11BrN4O/c1-5-12-4-6(10)9(13-5)14-3-2-7(14)8(11)15/h4,7H,2-3H2,1H3,(H2,11,15). The second kappa shape index (κ2) is 3.77. The van der Waals surface area contributed by atoms with Gasteiger partial charge in [-0.1, -0.05) is 0 Å². The van der Waals surface area contributed by atoms with Crippen molar-refractivity contribution in [2.24, 2.45) is 5.73 Å². The fourth-order valence-electron chi connectivity index (χ4n) is 1.58. The Hall–Kier alpha value is -1.17. The van der Waals surface area contributed by atoms with Crippen LogP contribution >= 0.6 is 15.9 Å². The highest BCUT2D eigenvalue weighted by Gasteiger charge is 2.34. The maximum Gasteiger partial charge on any atom is 0.240 e. The van der Waals surface area contributed by atoms with Crippen molar-refractivity contribution in [3.05, 3.63) is 16.5 Å². The molecule has 0 aliphatic carbocycles. The van der Waals surface area contributed by atoms with Crippen LogP contribution in [-0.4, -0.2) is 28.5 Å². The van der Waals surface area contributed by atoms with Gasteiger partial charge in [-0.15, -0.1) is 0 Å². The van der Waals surface area contributed by atoms with Gasteiger partial charge in [-0.05, 0) is 29.3 Å². The molecule has 2 N–H and O–H groups in total. The second-order valence-electron chi connectivity index (χ2n) is 3.49. The third-order valence-corrected chi connectivity index (χ3v) is 3.03. The number of primary amides is 1. The molecule has 1 aliphatic heterocycles. The smallest absolute Gasteiger partial charge is 0.240 e. The molecular weight excluding hydrogens is 260 g/mol. The van der Waals surface area contributed by atoms with Gasteiger partial charge in [0.15, 0.2) is 0 Å². The van der Waals surface area contributed by atoms with Gasteiger partial charge >= 0.3 is 0 Å². The van der Waals surface area contributed by atoms with E-state index in [2.05, 4.69) is 25.9 Å². The molecular formula is C9H11BrN4O. The Balaban J connectivity index is 2.30. The normalized spacial score (nSPS) is 19.9. The second-order valence-corrected chi connectivity index (χ2v) is 4.34. The van der Waals surface area contributed by atoms with Crippen molar-refractivity contribution >= 4 is 27.7 Å². The lowest BCUT2D eigenvalue weighted by atomic mass is 10.0. The molecule has 1 amide bonds. The highest BCUT2D eigenvalue weighted by molar-refractivity contribution is 9.10. The van der Waals surface area contributed by atoms with Crippen LogP contribution in [0.5, 0.6) is 0 Å². The van der Waals surface area contributed by atoms with Crippen LogP contribution in [0.2, 0.25) is 0 Å². The zero-order valence-corrected chi connectivity index (χ0v) is 9.86. The lowest BCUT2D eigenvalue weighted by Gasteiger charge is -2.40. The Labute approximate surface area is 95.8 Å². The number of hydrogen-bond acceptors (Lipinski definition) is 4. The number of aromatic nitrogens is 2. The largest absolute Gasteiger partial charge is 0.368 e. The van der Waals surface area contributed by atoms with E-state index in [1.165, 1.54) is 0 Å². The van der Waals surface area contributed by atoms with Gasteiger partial charge in [0.05, 0.1) is 4.47 Å². The minimum Gasteiger partial charge on any atom is -0.368 e. The number of carbonyl (C=O) groups is 1. The maximum absolute atomic E-state index is 11.1. The molecule has 1 aromatic rings. The monoisotopic (exact) mass is 270 g/mol. The van der Waals surface area contributed by atoms with Crippen LogP contribution in [0, 0.1) is 6.92 Å². The maximum atomic E-state index is 11.1. The Morgan fingerprint density at radius 3 is 3.00 bits per heavy atom. The van der Waals surface area contributed by atoms with E-state index in [9.17, 15) is 4.79 Å². The summed E-state index contributed by atoms with van der Waals surface area (Å²) in [5, 5.41) is 0. The van der Waals surface area contributed by atoms with Crippen molar-refractivity contribution in [1.82, 2.24) is 9.97 Å². The Morgan fingerprint density at radius 2 is 2.47 bits per heavy atom. The third kappa shape index (κ3) is 1.81. The number of rotatable bonds is 2. The highest BCUT2D eigenvalue weighted by Crippen LogP contribution is 2.30. The zero-order valence-electron chi connectivity index (χ0n) is 8.27. The predicted molar refractivity (Wildman–Crippen MR) is 59.4 cm³/mol. The average Bonchev–Trinajstić information content (AvgIpc) is 2.08. The van der Waals surface area contributed by atoms with Gasteiger partial charge in [0.1, 0.15) is 17.7 Å². The number of nitrogens with zero attached hydrogens (tertiary/aromatic N) is 3. The number of anilines is 1. The van der Waals surface area contributed by atoms with Crippen LogP contribution < -0.4 is 10.6 Å². The first-order valence-electron chi connectivity index (χ1n) is 4.64. The van der Waals surface area contributed by atoms with Crippen LogP contribution in [0.25, 0.3) is 0 Å². The molecule has 1 aromatic heterocycles. The van der Waals surface area contributed by atoms with Gasteiger partial charge in [0.2, 0.25) is 5.91 Å². The van der Waals surface area contributed by atoms with E-state index in [0.717, 1.165) is 23.3 Å². The van der Waals surface area contributed by atoms with Crippen LogP contribution in [0.4, 0.5) is 5.82 Å². The number of hydrogen-bond donors (Lipinski definition) is 1. The molecule has 0 bridgehead atoms. The van der Waals surface area contributed by atoms with E-state index in [4.69, 9.17) is 5.73 Å². The van der Waals surface area contributed by atoms with E-state index in [-0.39, 0.29) is 11.9 Å². The zero-order chi connectivity index (χ0) is 11.0. The summed E-state index contributed by atoms with van der Waals surface area (Å²) in [6, 6.07) is -0.226. The van der Waals surface area contributed by atoms with Gasteiger partial charge in [0.25, 0.3) is 0 Å². The topological polar surface area (TPSA) is 72.1 Å². The van der Waals surface area contributed by atoms with Crippen molar-refractivity contribution in [2.45, 2.75) is 19.4 Å². The van der Waals surface area contributed by atoms with E-state index in [1.807, 2.05) is 11.8 Å². The minimum absolute atomic E-state index is 0.226. The molecule has 0 radical (unpaired) electrons. The van der Waals surface area contributed by atoms with Crippen LogP contribution in [0.3, 0.4) is 0 Å². The van der Waals surface area contributed by atoms with Crippen LogP contribution in [0.15, 0.2) is 10.7 Å². The number of aryl methyl sites for hydroxylation is 1. The SMILES string of the molecule is Cc1ncc(Br)c(N2CCC2C(N)=O)n1. The Bertz CT molecular complexity index is 409. The number of halogens is 1. The average molecular weight is 271 g/mol. The fraction of sp³-hybridized carbons (Fsp3) is 0.444. The Kier molecular flexibility index (Phi) is 2.60. The number of nitrogens with two attached hydrogens (primary N) is 1. The van der Waals surface area contributed by atoms with Crippen molar-refractivity contribution in [3.8, 4) is 0 Å². The molecule has 2 rings (SSSR count). The third-order valence-electron chi connectivity index (χ3n) is 2.47.